The van der Waals surface area contributed by atoms with E-state index in [2.05, 4.69) is 19.5 Å². The minimum Gasteiger partial charge on any atom is -0.393 e. The zero-order valence-electron chi connectivity index (χ0n) is 17.2. The van der Waals surface area contributed by atoms with E-state index in [1.807, 2.05) is 22.9 Å². The first-order valence-corrected chi connectivity index (χ1v) is 12.0. The summed E-state index contributed by atoms with van der Waals surface area (Å²) in [5.74, 6) is 0.148. The van der Waals surface area contributed by atoms with E-state index < -0.39 is 16.4 Å². The van der Waals surface area contributed by atoms with Crippen LogP contribution in [0.3, 0.4) is 0 Å². The summed E-state index contributed by atoms with van der Waals surface area (Å²) in [6.45, 7) is -0.158. The van der Waals surface area contributed by atoms with Crippen molar-refractivity contribution in [2.75, 3.05) is 11.9 Å². The van der Waals surface area contributed by atoms with Gasteiger partial charge in [-0.2, -0.15) is 8.42 Å². The van der Waals surface area contributed by atoms with E-state index in [9.17, 15) is 17.9 Å². The molecule has 1 aromatic carbocycles. The van der Waals surface area contributed by atoms with E-state index in [-0.39, 0.29) is 30.4 Å². The Labute approximate surface area is 184 Å². The molecule has 4 atom stereocenters. The van der Waals surface area contributed by atoms with Crippen molar-refractivity contribution in [2.45, 2.75) is 43.9 Å². The van der Waals surface area contributed by atoms with Crippen molar-refractivity contribution in [3.05, 3.63) is 53.7 Å². The van der Waals surface area contributed by atoms with Gasteiger partial charge in [0.2, 0.25) is 0 Å². The number of aliphatic hydroxyl groups excluding tert-OH is 1. The Balaban J connectivity index is 1.37. The van der Waals surface area contributed by atoms with Crippen LogP contribution in [-0.2, 0) is 20.9 Å². The number of hydrogen-bond acceptors (Lipinski definition) is 7. The van der Waals surface area contributed by atoms with Gasteiger partial charge in [0.15, 0.2) is 0 Å². The molecule has 3 aromatic rings. The minimum absolute atomic E-state index is 0.0322. The van der Waals surface area contributed by atoms with Gasteiger partial charge in [-0.15, -0.1) is 0 Å². The lowest BCUT2D eigenvalue weighted by molar-refractivity contribution is 0.100. The number of fused-ring (bicyclic) bond motifs is 2. The van der Waals surface area contributed by atoms with Gasteiger partial charge in [0.1, 0.15) is 23.6 Å². The van der Waals surface area contributed by atoms with Crippen molar-refractivity contribution in [3.63, 3.8) is 0 Å². The Bertz CT molecular complexity index is 1260. The Morgan fingerprint density at radius 2 is 2.12 bits per heavy atom. The molecule has 170 valence electrons. The van der Waals surface area contributed by atoms with Crippen molar-refractivity contribution in [1.82, 2.24) is 14.5 Å². The Morgan fingerprint density at radius 1 is 1.28 bits per heavy atom. The smallest absolute Gasteiger partial charge is 0.333 e. The average Bonchev–Trinajstić information content (AvgIpc) is 3.44. The van der Waals surface area contributed by atoms with Gasteiger partial charge in [-0.25, -0.2) is 19.5 Å². The minimum atomic E-state index is -4.05. The summed E-state index contributed by atoms with van der Waals surface area (Å²) in [4.78, 5) is 8.85. The largest absolute Gasteiger partial charge is 0.393 e. The number of hydrogen-bond donors (Lipinski definition) is 3. The molecule has 5 rings (SSSR count). The predicted octanol–water partition coefficient (Wildman–Crippen LogP) is 2.20. The second-order valence-electron chi connectivity index (χ2n) is 8.46. The normalized spacial score (nSPS) is 25.3. The van der Waals surface area contributed by atoms with Crippen LogP contribution in [0.1, 0.15) is 42.5 Å². The molecule has 0 unspecified atom stereocenters. The van der Waals surface area contributed by atoms with Gasteiger partial charge in [0.25, 0.3) is 0 Å². The highest BCUT2D eigenvalue weighted by Gasteiger charge is 2.35. The summed E-state index contributed by atoms with van der Waals surface area (Å²) in [6.07, 6.45) is 5.11. The highest BCUT2D eigenvalue weighted by Crippen LogP contribution is 2.39. The lowest BCUT2D eigenvalue weighted by atomic mass is 10.1. The third kappa shape index (κ3) is 3.96. The third-order valence-corrected chi connectivity index (χ3v) is 6.97. The first-order valence-electron chi connectivity index (χ1n) is 10.5. The summed E-state index contributed by atoms with van der Waals surface area (Å²) in [5, 5.41) is 19.6. The van der Waals surface area contributed by atoms with Crippen molar-refractivity contribution < 1.29 is 22.1 Å². The van der Waals surface area contributed by atoms with Gasteiger partial charge >= 0.3 is 10.3 Å². The van der Waals surface area contributed by atoms with Crippen LogP contribution in [0.4, 0.5) is 10.2 Å². The maximum atomic E-state index is 14.1. The molecule has 1 fully saturated rings. The molecule has 2 aromatic heterocycles. The molecule has 9 nitrogen and oxygen atoms in total. The molecule has 2 heterocycles. The van der Waals surface area contributed by atoms with Crippen LogP contribution < -0.4 is 10.5 Å². The lowest BCUT2D eigenvalue weighted by Gasteiger charge is -2.16. The highest BCUT2D eigenvalue weighted by molar-refractivity contribution is 7.84. The number of nitrogens with two attached hydrogens (primary N) is 1. The van der Waals surface area contributed by atoms with Crippen LogP contribution >= 0.6 is 0 Å². The number of benzene rings is 1. The molecule has 0 amide bonds. The number of nitrogens with one attached hydrogen (secondary N) is 1. The first-order chi connectivity index (χ1) is 15.3. The topological polar surface area (TPSA) is 132 Å². The zero-order valence-corrected chi connectivity index (χ0v) is 18.0. The van der Waals surface area contributed by atoms with Crippen LogP contribution in [0.15, 0.2) is 36.8 Å². The molecule has 2 aliphatic carbocycles. The Kier molecular flexibility index (Phi) is 5.36. The average molecular weight is 462 g/mol. The van der Waals surface area contributed by atoms with E-state index in [1.54, 1.807) is 6.07 Å². The molecule has 0 bridgehead atoms. The van der Waals surface area contributed by atoms with Crippen LogP contribution in [0.25, 0.3) is 11.0 Å². The maximum Gasteiger partial charge on any atom is 0.333 e. The number of aliphatic hydroxyl groups is 1. The Hall–Kier alpha value is -2.60. The molecule has 4 N–H and O–H groups in total. The molecule has 0 aliphatic heterocycles. The van der Waals surface area contributed by atoms with Gasteiger partial charge in [0, 0.05) is 18.2 Å². The van der Waals surface area contributed by atoms with Crippen molar-refractivity contribution in [2.24, 2.45) is 11.1 Å². The molecule has 11 heteroatoms. The SMILES string of the molecule is NS(=O)(=O)OC[C@@H]1C[C@@H](n2ccc3c(N[C@H]4CCc5c(F)cccc54)ncnc32)C[C@@H]1O. The van der Waals surface area contributed by atoms with E-state index >= 15 is 0 Å². The second-order valence-corrected chi connectivity index (χ2v) is 9.68. The number of rotatable bonds is 6. The predicted molar refractivity (Wildman–Crippen MR) is 115 cm³/mol. The molecule has 1 saturated carbocycles. The first kappa shape index (κ1) is 21.3. The van der Waals surface area contributed by atoms with Crippen molar-refractivity contribution in [3.8, 4) is 0 Å². The standard InChI is InChI=1S/C21H24FN5O4S/c22-17-3-1-2-15-14(17)4-5-18(15)26-20-16-6-7-27(21(16)25-11-24-20)13-8-12(19(28)9-13)10-31-32(23,29)30/h1-3,6-7,11-13,18-19,28H,4-5,8-10H2,(H2,23,29,30)(H,24,25,26)/t12-,13+,18-,19-/m0/s1. The molecule has 2 aliphatic rings. The van der Waals surface area contributed by atoms with Gasteiger partial charge in [-0.3, -0.25) is 4.18 Å². The van der Waals surface area contributed by atoms with Crippen LogP contribution in [-0.4, -0.2) is 40.8 Å². The zero-order chi connectivity index (χ0) is 22.5. The number of halogens is 1. The summed E-state index contributed by atoms with van der Waals surface area (Å²) < 4.78 is 42.9. The van der Waals surface area contributed by atoms with Gasteiger partial charge < -0.3 is 15.0 Å². The second kappa shape index (κ2) is 8.07. The lowest BCUT2D eigenvalue weighted by Crippen LogP contribution is -2.24. The highest BCUT2D eigenvalue weighted by atomic mass is 32.2. The van der Waals surface area contributed by atoms with E-state index in [4.69, 9.17) is 5.14 Å². The summed E-state index contributed by atoms with van der Waals surface area (Å²) in [7, 11) is -4.05. The number of anilines is 1. The van der Waals surface area contributed by atoms with Crippen LogP contribution in [0, 0.1) is 11.7 Å². The summed E-state index contributed by atoms with van der Waals surface area (Å²) >= 11 is 0. The van der Waals surface area contributed by atoms with E-state index in [0.717, 1.165) is 22.9 Å². The maximum absolute atomic E-state index is 14.1. The van der Waals surface area contributed by atoms with Crippen molar-refractivity contribution in [1.29, 1.82) is 0 Å². The fourth-order valence-corrected chi connectivity index (χ4v) is 5.33. The molecule has 32 heavy (non-hydrogen) atoms. The van der Waals surface area contributed by atoms with Gasteiger partial charge in [0.05, 0.1) is 24.1 Å². The third-order valence-electron chi connectivity index (χ3n) is 6.51. The fraction of sp³-hybridized carbons (Fsp3) is 0.429. The van der Waals surface area contributed by atoms with Crippen LogP contribution in [0.2, 0.25) is 0 Å². The number of nitrogens with zero attached hydrogens (tertiary/aromatic N) is 3. The molecular formula is C21H24FN5O4S. The van der Waals surface area contributed by atoms with E-state index in [0.29, 0.717) is 30.7 Å². The van der Waals surface area contributed by atoms with Gasteiger partial charge in [-0.05, 0) is 48.9 Å². The fourth-order valence-electron chi connectivity index (χ4n) is 4.97. The summed E-state index contributed by atoms with van der Waals surface area (Å²) in [5.41, 5.74) is 2.42. The summed E-state index contributed by atoms with van der Waals surface area (Å²) in [6, 6.07) is 6.97. The Morgan fingerprint density at radius 3 is 2.94 bits per heavy atom. The number of aromatic nitrogens is 3. The van der Waals surface area contributed by atoms with Gasteiger partial charge in [-0.1, -0.05) is 12.1 Å². The monoisotopic (exact) mass is 461 g/mol. The molecule has 0 radical (unpaired) electrons. The molecule has 0 spiro atoms. The molecular weight excluding hydrogens is 437 g/mol. The molecule has 0 saturated heterocycles. The van der Waals surface area contributed by atoms with Crippen molar-refractivity contribution >= 4 is 27.2 Å². The van der Waals surface area contributed by atoms with E-state index in [1.165, 1.54) is 12.4 Å². The quantitative estimate of drug-likeness (QED) is 0.513. The van der Waals surface area contributed by atoms with Crippen LogP contribution in [0.5, 0.6) is 0 Å².